The van der Waals surface area contributed by atoms with E-state index in [-0.39, 0.29) is 5.75 Å². The van der Waals surface area contributed by atoms with E-state index < -0.39 is 11.6 Å². The number of nitrogens with one attached hydrogen (secondary N) is 1. The van der Waals surface area contributed by atoms with Crippen LogP contribution in [-0.2, 0) is 6.54 Å². The van der Waals surface area contributed by atoms with Crippen molar-refractivity contribution in [2.75, 3.05) is 0 Å². The van der Waals surface area contributed by atoms with Gasteiger partial charge in [0.05, 0.1) is 0 Å². The molecule has 5 heteroatoms. The largest absolute Gasteiger partial charge is 0.454 e. The summed E-state index contributed by atoms with van der Waals surface area (Å²) in [6.07, 6.45) is 2.34. The molecule has 1 aliphatic rings. The predicted molar refractivity (Wildman–Crippen MR) is 77.7 cm³/mol. The van der Waals surface area contributed by atoms with Crippen LogP contribution in [0.4, 0.5) is 8.78 Å². The highest BCUT2D eigenvalue weighted by atomic mass is 35.5. The maximum Gasteiger partial charge on any atom is 0.201 e. The number of rotatable bonds is 5. The third-order valence-corrected chi connectivity index (χ3v) is 3.56. The van der Waals surface area contributed by atoms with E-state index >= 15 is 0 Å². The lowest BCUT2D eigenvalue weighted by molar-refractivity contribution is 0.411. The lowest BCUT2D eigenvalue weighted by atomic mass is 10.2. The van der Waals surface area contributed by atoms with Gasteiger partial charge in [0.25, 0.3) is 0 Å². The molecular formula is C16H14ClF2NO. The van der Waals surface area contributed by atoms with Gasteiger partial charge in [-0.25, -0.2) is 4.39 Å². The molecule has 0 unspecified atom stereocenters. The van der Waals surface area contributed by atoms with Gasteiger partial charge in [0.2, 0.25) is 5.82 Å². The molecule has 2 nitrogen and oxygen atoms in total. The van der Waals surface area contributed by atoms with Gasteiger partial charge in [-0.3, -0.25) is 0 Å². The second kappa shape index (κ2) is 6.00. The van der Waals surface area contributed by atoms with E-state index in [2.05, 4.69) is 5.32 Å². The first-order chi connectivity index (χ1) is 10.1. The Bertz CT molecular complexity index is 659. The van der Waals surface area contributed by atoms with Crippen LogP contribution in [0.2, 0.25) is 5.02 Å². The number of hydrogen-bond donors (Lipinski definition) is 1. The van der Waals surface area contributed by atoms with Crippen LogP contribution < -0.4 is 10.1 Å². The zero-order valence-corrected chi connectivity index (χ0v) is 12.0. The number of ether oxygens (including phenoxy) is 1. The van der Waals surface area contributed by atoms with E-state index in [4.69, 9.17) is 16.3 Å². The lowest BCUT2D eigenvalue weighted by Crippen LogP contribution is -2.15. The summed E-state index contributed by atoms with van der Waals surface area (Å²) >= 11 is 5.96. The fraction of sp³-hybridized carbons (Fsp3) is 0.250. The van der Waals surface area contributed by atoms with Gasteiger partial charge < -0.3 is 10.1 Å². The van der Waals surface area contributed by atoms with E-state index in [1.54, 1.807) is 12.1 Å². The molecule has 0 spiro atoms. The van der Waals surface area contributed by atoms with Crippen molar-refractivity contribution in [3.05, 3.63) is 58.6 Å². The molecule has 1 aliphatic carbocycles. The zero-order chi connectivity index (χ0) is 14.8. The molecule has 0 aliphatic heterocycles. The van der Waals surface area contributed by atoms with Crippen LogP contribution in [0.5, 0.6) is 11.5 Å². The Morgan fingerprint density at radius 2 is 1.95 bits per heavy atom. The van der Waals surface area contributed by atoms with E-state index in [1.807, 2.05) is 6.07 Å². The molecule has 0 heterocycles. The minimum Gasteiger partial charge on any atom is -0.454 e. The molecule has 2 aromatic rings. The highest BCUT2D eigenvalue weighted by Crippen LogP contribution is 2.31. The van der Waals surface area contributed by atoms with Gasteiger partial charge in [-0.05, 0) is 37.1 Å². The minimum absolute atomic E-state index is 0.148. The average Bonchev–Trinajstić information content (AvgIpc) is 3.27. The van der Waals surface area contributed by atoms with Crippen molar-refractivity contribution in [2.45, 2.75) is 25.4 Å². The summed E-state index contributed by atoms with van der Waals surface area (Å²) in [7, 11) is 0. The van der Waals surface area contributed by atoms with Gasteiger partial charge in [-0.2, -0.15) is 4.39 Å². The Morgan fingerprint density at radius 3 is 2.71 bits per heavy atom. The van der Waals surface area contributed by atoms with E-state index in [9.17, 15) is 8.78 Å². The van der Waals surface area contributed by atoms with Crippen LogP contribution in [-0.4, -0.2) is 6.04 Å². The molecule has 0 bridgehead atoms. The van der Waals surface area contributed by atoms with Crippen molar-refractivity contribution >= 4 is 11.6 Å². The maximum absolute atomic E-state index is 13.7. The second-order valence-corrected chi connectivity index (χ2v) is 5.50. The molecule has 110 valence electrons. The normalized spacial score (nSPS) is 14.2. The summed E-state index contributed by atoms with van der Waals surface area (Å²) < 4.78 is 32.4. The standard InChI is InChI=1S/C16H14ClF2NO/c17-11-5-4-10(9-20-12-6-7-12)15(8-11)21-14-3-1-2-13(18)16(14)19/h1-5,8,12,20H,6-7,9H2. The SMILES string of the molecule is Fc1cccc(Oc2cc(Cl)ccc2CNC2CC2)c1F. The smallest absolute Gasteiger partial charge is 0.201 e. The van der Waals surface area contributed by atoms with Crippen LogP contribution in [0.15, 0.2) is 36.4 Å². The third kappa shape index (κ3) is 3.52. The summed E-state index contributed by atoms with van der Waals surface area (Å²) in [4.78, 5) is 0. The van der Waals surface area contributed by atoms with Gasteiger partial charge in [0, 0.05) is 23.2 Å². The first-order valence-electron chi connectivity index (χ1n) is 6.77. The van der Waals surface area contributed by atoms with Crippen molar-refractivity contribution < 1.29 is 13.5 Å². The Kier molecular flexibility index (Phi) is 4.08. The van der Waals surface area contributed by atoms with Gasteiger partial charge >= 0.3 is 0 Å². The molecule has 0 saturated heterocycles. The molecule has 1 N–H and O–H groups in total. The van der Waals surface area contributed by atoms with Crippen molar-refractivity contribution in [2.24, 2.45) is 0 Å². The van der Waals surface area contributed by atoms with Crippen molar-refractivity contribution in [3.8, 4) is 11.5 Å². The fourth-order valence-electron chi connectivity index (χ4n) is 1.99. The van der Waals surface area contributed by atoms with Gasteiger partial charge in [-0.15, -0.1) is 0 Å². The lowest BCUT2D eigenvalue weighted by Gasteiger charge is -2.13. The molecule has 2 aromatic carbocycles. The Hall–Kier alpha value is -1.65. The average molecular weight is 310 g/mol. The Morgan fingerprint density at radius 1 is 1.14 bits per heavy atom. The maximum atomic E-state index is 13.7. The van der Waals surface area contributed by atoms with Crippen LogP contribution in [0.25, 0.3) is 0 Å². The first-order valence-corrected chi connectivity index (χ1v) is 7.15. The third-order valence-electron chi connectivity index (χ3n) is 3.32. The predicted octanol–water partition coefficient (Wildman–Crippen LogP) is 4.66. The molecule has 0 atom stereocenters. The monoisotopic (exact) mass is 309 g/mol. The molecule has 21 heavy (non-hydrogen) atoms. The number of hydrogen-bond acceptors (Lipinski definition) is 2. The highest BCUT2D eigenvalue weighted by molar-refractivity contribution is 6.30. The Balaban J connectivity index is 1.85. The van der Waals surface area contributed by atoms with E-state index in [0.29, 0.717) is 23.4 Å². The molecule has 3 rings (SSSR count). The Labute approximate surface area is 126 Å². The number of benzene rings is 2. The van der Waals surface area contributed by atoms with Gasteiger partial charge in [-0.1, -0.05) is 23.7 Å². The molecule has 0 aromatic heterocycles. The molecule has 1 fully saturated rings. The van der Waals surface area contributed by atoms with E-state index in [1.165, 1.54) is 25.0 Å². The van der Waals surface area contributed by atoms with Crippen LogP contribution in [0.1, 0.15) is 18.4 Å². The van der Waals surface area contributed by atoms with Crippen molar-refractivity contribution in [1.29, 1.82) is 0 Å². The summed E-state index contributed by atoms with van der Waals surface area (Å²) in [6.45, 7) is 0.605. The van der Waals surface area contributed by atoms with Crippen LogP contribution >= 0.6 is 11.6 Å². The van der Waals surface area contributed by atoms with Crippen LogP contribution in [0.3, 0.4) is 0 Å². The molecule has 0 radical (unpaired) electrons. The first kappa shape index (κ1) is 14.3. The van der Waals surface area contributed by atoms with Crippen LogP contribution in [0, 0.1) is 11.6 Å². The highest BCUT2D eigenvalue weighted by Gasteiger charge is 2.21. The quantitative estimate of drug-likeness (QED) is 0.867. The molecule has 0 amide bonds. The van der Waals surface area contributed by atoms with Gasteiger partial charge in [0.1, 0.15) is 5.75 Å². The van der Waals surface area contributed by atoms with Crippen molar-refractivity contribution in [3.63, 3.8) is 0 Å². The van der Waals surface area contributed by atoms with Gasteiger partial charge in [0.15, 0.2) is 11.6 Å². The molecule has 1 saturated carbocycles. The molecular weight excluding hydrogens is 296 g/mol. The fourth-order valence-corrected chi connectivity index (χ4v) is 2.15. The van der Waals surface area contributed by atoms with E-state index in [0.717, 1.165) is 11.6 Å². The van der Waals surface area contributed by atoms with Crippen molar-refractivity contribution in [1.82, 2.24) is 5.32 Å². The summed E-state index contributed by atoms with van der Waals surface area (Å²) in [5.41, 5.74) is 0.856. The summed E-state index contributed by atoms with van der Waals surface area (Å²) in [6, 6.07) is 9.56. The summed E-state index contributed by atoms with van der Waals surface area (Å²) in [5.74, 6) is -1.66. The zero-order valence-electron chi connectivity index (χ0n) is 11.2. The second-order valence-electron chi connectivity index (χ2n) is 5.06. The summed E-state index contributed by atoms with van der Waals surface area (Å²) in [5, 5.41) is 3.84. The minimum atomic E-state index is -1.00. The number of halogens is 3. The topological polar surface area (TPSA) is 21.3 Å².